The average Bonchev–Trinajstić information content (AvgIpc) is 3.15. The molecule has 0 saturated carbocycles. The lowest BCUT2D eigenvalue weighted by molar-refractivity contribution is -0.131. The molecule has 2 aromatic carbocycles. The Balaban J connectivity index is 1.47. The number of fused-ring (bicyclic) bond motifs is 1. The summed E-state index contributed by atoms with van der Waals surface area (Å²) in [5.74, 6) is 0.167. The van der Waals surface area contributed by atoms with Crippen LogP contribution in [0.3, 0.4) is 0 Å². The van der Waals surface area contributed by atoms with E-state index in [0.29, 0.717) is 6.54 Å². The molecule has 1 aromatic heterocycles. The zero-order chi connectivity index (χ0) is 18.8. The smallest absolute Gasteiger partial charge is 0.236 e. The van der Waals surface area contributed by atoms with Crippen molar-refractivity contribution in [1.29, 1.82) is 0 Å². The van der Waals surface area contributed by atoms with Crippen LogP contribution in [-0.2, 0) is 17.8 Å². The van der Waals surface area contributed by atoms with E-state index in [2.05, 4.69) is 39.1 Å². The number of hydrogen-bond donors (Lipinski definition) is 0. The van der Waals surface area contributed by atoms with Gasteiger partial charge in [0.05, 0.1) is 5.25 Å². The van der Waals surface area contributed by atoms with Gasteiger partial charge in [-0.2, -0.15) is 0 Å². The summed E-state index contributed by atoms with van der Waals surface area (Å²) >= 11 is 4.97. The molecule has 4 rings (SSSR count). The fourth-order valence-electron chi connectivity index (χ4n) is 3.32. The molecule has 1 aliphatic heterocycles. The lowest BCUT2D eigenvalue weighted by Crippen LogP contribution is -2.40. The van der Waals surface area contributed by atoms with Gasteiger partial charge >= 0.3 is 0 Å². The second-order valence-corrected chi connectivity index (χ2v) is 8.82. The molecule has 0 fully saturated rings. The van der Waals surface area contributed by atoms with Gasteiger partial charge in [0, 0.05) is 35.6 Å². The molecule has 0 radical (unpaired) electrons. The van der Waals surface area contributed by atoms with Crippen LogP contribution in [0, 0.1) is 0 Å². The lowest BCUT2D eigenvalue weighted by Gasteiger charge is -2.30. The SMILES string of the molecule is CC(Sc1nccn1-c1ccc(Br)cc1)C(=O)N1CCc2ccccc2C1. The zero-order valence-corrected chi connectivity index (χ0v) is 17.4. The fraction of sp³-hybridized carbons (Fsp3) is 0.238. The first-order valence-corrected chi connectivity index (χ1v) is 10.6. The Morgan fingerprint density at radius 3 is 2.67 bits per heavy atom. The van der Waals surface area contributed by atoms with Crippen LogP contribution >= 0.6 is 27.7 Å². The van der Waals surface area contributed by atoms with Gasteiger partial charge < -0.3 is 4.90 Å². The Hall–Kier alpha value is -2.05. The summed E-state index contributed by atoms with van der Waals surface area (Å²) in [6.45, 7) is 3.44. The van der Waals surface area contributed by atoms with Crippen molar-refractivity contribution in [2.45, 2.75) is 30.3 Å². The third kappa shape index (κ3) is 3.96. The third-order valence-corrected chi connectivity index (χ3v) is 6.38. The number of nitrogens with zero attached hydrogens (tertiary/aromatic N) is 3. The van der Waals surface area contributed by atoms with Crippen LogP contribution in [0.1, 0.15) is 18.1 Å². The van der Waals surface area contributed by atoms with Crippen molar-refractivity contribution in [1.82, 2.24) is 14.5 Å². The summed E-state index contributed by atoms with van der Waals surface area (Å²) in [6, 6.07) is 16.5. The Morgan fingerprint density at radius 2 is 1.89 bits per heavy atom. The van der Waals surface area contributed by atoms with Crippen molar-refractivity contribution in [3.8, 4) is 5.69 Å². The number of rotatable bonds is 4. The van der Waals surface area contributed by atoms with Crippen molar-refractivity contribution in [3.05, 3.63) is 76.5 Å². The van der Waals surface area contributed by atoms with Crippen molar-refractivity contribution >= 4 is 33.6 Å². The number of carbonyl (C=O) groups is 1. The van der Waals surface area contributed by atoms with Gasteiger partial charge in [0.15, 0.2) is 5.16 Å². The van der Waals surface area contributed by atoms with E-state index in [9.17, 15) is 4.79 Å². The summed E-state index contributed by atoms with van der Waals surface area (Å²) in [7, 11) is 0. The first-order chi connectivity index (χ1) is 13.1. The van der Waals surface area contributed by atoms with Gasteiger partial charge in [-0.1, -0.05) is 52.0 Å². The molecule has 0 aliphatic carbocycles. The standard InChI is InChI=1S/C21H20BrN3OS/c1-15(20(26)24-12-10-16-4-2-3-5-17(16)14-24)27-21-23-11-13-25(21)19-8-6-18(22)7-9-19/h2-9,11,13,15H,10,12,14H2,1H3. The molecule has 1 amide bonds. The predicted octanol–water partition coefficient (Wildman–Crippen LogP) is 4.70. The highest BCUT2D eigenvalue weighted by atomic mass is 79.9. The van der Waals surface area contributed by atoms with Crippen molar-refractivity contribution < 1.29 is 4.79 Å². The summed E-state index contributed by atoms with van der Waals surface area (Å²) in [6.07, 6.45) is 4.63. The number of hydrogen-bond acceptors (Lipinski definition) is 3. The minimum absolute atomic E-state index is 0.167. The number of benzene rings is 2. The highest BCUT2D eigenvalue weighted by Gasteiger charge is 2.26. The average molecular weight is 442 g/mol. The topological polar surface area (TPSA) is 38.1 Å². The zero-order valence-electron chi connectivity index (χ0n) is 15.0. The van der Waals surface area contributed by atoms with Crippen LogP contribution in [-0.4, -0.2) is 32.2 Å². The molecular formula is C21H20BrN3OS. The number of thioether (sulfide) groups is 1. The normalized spacial score (nSPS) is 14.7. The highest BCUT2D eigenvalue weighted by Crippen LogP contribution is 2.28. The van der Waals surface area contributed by atoms with E-state index in [1.54, 1.807) is 6.20 Å². The molecule has 6 heteroatoms. The minimum Gasteiger partial charge on any atom is -0.337 e. The van der Waals surface area contributed by atoms with E-state index in [1.165, 1.54) is 22.9 Å². The molecule has 4 nitrogen and oxygen atoms in total. The Bertz CT molecular complexity index is 954. The molecule has 3 aromatic rings. The third-order valence-electron chi connectivity index (χ3n) is 4.78. The number of carbonyl (C=O) groups excluding carboxylic acids is 1. The summed E-state index contributed by atoms with van der Waals surface area (Å²) in [4.78, 5) is 19.4. The maximum Gasteiger partial charge on any atom is 0.236 e. The van der Waals surface area contributed by atoms with E-state index in [1.807, 2.05) is 52.9 Å². The van der Waals surface area contributed by atoms with Crippen molar-refractivity contribution in [2.24, 2.45) is 0 Å². The second-order valence-electron chi connectivity index (χ2n) is 6.59. The van der Waals surface area contributed by atoms with Crippen LogP contribution < -0.4 is 0 Å². The summed E-state index contributed by atoms with van der Waals surface area (Å²) < 4.78 is 3.06. The quantitative estimate of drug-likeness (QED) is 0.550. The van der Waals surface area contributed by atoms with Gasteiger partial charge in [-0.3, -0.25) is 9.36 Å². The molecule has 0 saturated heterocycles. The van der Waals surface area contributed by atoms with E-state index in [4.69, 9.17) is 0 Å². The number of halogens is 1. The number of aromatic nitrogens is 2. The van der Waals surface area contributed by atoms with Gasteiger partial charge in [-0.05, 0) is 48.7 Å². The van der Waals surface area contributed by atoms with E-state index >= 15 is 0 Å². The van der Waals surface area contributed by atoms with E-state index in [-0.39, 0.29) is 11.2 Å². The van der Waals surface area contributed by atoms with Crippen LogP contribution in [0.4, 0.5) is 0 Å². The molecule has 0 bridgehead atoms. The first-order valence-electron chi connectivity index (χ1n) is 8.93. The lowest BCUT2D eigenvalue weighted by atomic mass is 10.00. The minimum atomic E-state index is -0.188. The van der Waals surface area contributed by atoms with Gasteiger partial charge in [0.25, 0.3) is 0 Å². The maximum atomic E-state index is 13.0. The van der Waals surface area contributed by atoms with Gasteiger partial charge in [-0.25, -0.2) is 4.98 Å². The van der Waals surface area contributed by atoms with E-state index < -0.39 is 0 Å². The van der Waals surface area contributed by atoms with Crippen LogP contribution in [0.15, 0.2) is 70.6 Å². The second kappa shape index (κ2) is 7.90. The predicted molar refractivity (Wildman–Crippen MR) is 112 cm³/mol. The van der Waals surface area contributed by atoms with Gasteiger partial charge in [0.2, 0.25) is 5.91 Å². The largest absolute Gasteiger partial charge is 0.337 e. The number of amides is 1. The fourth-order valence-corrected chi connectivity index (χ4v) is 4.56. The Morgan fingerprint density at radius 1 is 1.15 bits per heavy atom. The van der Waals surface area contributed by atoms with Crippen molar-refractivity contribution in [2.75, 3.05) is 6.54 Å². The van der Waals surface area contributed by atoms with Crippen LogP contribution in [0.2, 0.25) is 0 Å². The molecule has 1 unspecified atom stereocenters. The molecule has 1 atom stereocenters. The van der Waals surface area contributed by atoms with Crippen LogP contribution in [0.25, 0.3) is 5.69 Å². The summed E-state index contributed by atoms with van der Waals surface area (Å²) in [5.41, 5.74) is 3.64. The van der Waals surface area contributed by atoms with Gasteiger partial charge in [0.1, 0.15) is 0 Å². The first kappa shape index (κ1) is 18.3. The molecule has 1 aliphatic rings. The molecule has 138 valence electrons. The molecule has 0 spiro atoms. The monoisotopic (exact) mass is 441 g/mol. The Kier molecular flexibility index (Phi) is 5.36. The van der Waals surface area contributed by atoms with Crippen molar-refractivity contribution in [3.63, 3.8) is 0 Å². The molecule has 27 heavy (non-hydrogen) atoms. The van der Waals surface area contributed by atoms with Gasteiger partial charge in [-0.15, -0.1) is 0 Å². The number of imidazole rings is 1. The molecular weight excluding hydrogens is 422 g/mol. The maximum absolute atomic E-state index is 13.0. The van der Waals surface area contributed by atoms with Crippen LogP contribution in [0.5, 0.6) is 0 Å². The molecule has 0 N–H and O–H groups in total. The van der Waals surface area contributed by atoms with E-state index in [0.717, 1.165) is 28.3 Å². The highest BCUT2D eigenvalue weighted by molar-refractivity contribution is 9.10. The summed E-state index contributed by atoms with van der Waals surface area (Å²) in [5, 5.41) is 0.641. The Labute approximate surface area is 171 Å². The molecule has 2 heterocycles.